The number of H-pyrrole nitrogens is 2. The Morgan fingerprint density at radius 2 is 2.07 bits per heavy atom. The molecule has 28 heavy (non-hydrogen) atoms. The van der Waals surface area contributed by atoms with Crippen molar-refractivity contribution in [3.63, 3.8) is 0 Å². The summed E-state index contributed by atoms with van der Waals surface area (Å²) in [7, 11) is 1.89. The highest BCUT2D eigenvalue weighted by Gasteiger charge is 2.24. The van der Waals surface area contributed by atoms with Gasteiger partial charge in [0, 0.05) is 35.2 Å². The number of rotatable bonds is 3. The molecule has 0 radical (unpaired) electrons. The van der Waals surface area contributed by atoms with Gasteiger partial charge in [0.15, 0.2) is 0 Å². The van der Waals surface area contributed by atoms with Gasteiger partial charge in [0.1, 0.15) is 6.04 Å². The number of carbonyl (C=O) groups excluding carboxylic acids is 1. The number of carbonyl (C=O) groups is 1. The number of anilines is 1. The summed E-state index contributed by atoms with van der Waals surface area (Å²) in [5.74, 6) is -0.108. The maximum absolute atomic E-state index is 12.8. The van der Waals surface area contributed by atoms with Crippen LogP contribution in [0, 0.1) is 0 Å². The van der Waals surface area contributed by atoms with E-state index in [9.17, 15) is 4.79 Å². The lowest BCUT2D eigenvalue weighted by Crippen LogP contribution is -2.41. The molecule has 0 bridgehead atoms. The molecule has 0 fully saturated rings. The van der Waals surface area contributed by atoms with Crippen LogP contribution in [0.5, 0.6) is 0 Å². The maximum Gasteiger partial charge on any atom is 0.247 e. The summed E-state index contributed by atoms with van der Waals surface area (Å²) in [6, 6.07) is 11.9. The van der Waals surface area contributed by atoms with Crippen LogP contribution in [0.4, 0.5) is 5.69 Å². The van der Waals surface area contributed by atoms with Crippen molar-refractivity contribution in [3.8, 4) is 11.1 Å². The van der Waals surface area contributed by atoms with Gasteiger partial charge in [0.2, 0.25) is 5.91 Å². The minimum Gasteiger partial charge on any atom is -0.361 e. The first-order valence-corrected chi connectivity index (χ1v) is 9.13. The SMILES string of the molecule is CC1=CC(C(=O)Nc2cc(-c3cccc4[nH]ccc34)cc3[nH]ncc23)NN1C. The third kappa shape index (κ3) is 2.64. The van der Waals surface area contributed by atoms with E-state index in [1.54, 1.807) is 6.20 Å². The van der Waals surface area contributed by atoms with E-state index in [4.69, 9.17) is 0 Å². The standard InChI is InChI=1S/C21H20N6O/c1-12-8-20(26-27(12)2)21(28)24-18-9-13(10-19-16(18)11-23-25-19)14-4-3-5-17-15(14)6-7-22-17/h3-11,20,22,26H,1-2H3,(H,23,25)(H,24,28). The Kier molecular flexibility index (Phi) is 3.70. The van der Waals surface area contributed by atoms with Crippen LogP contribution >= 0.6 is 0 Å². The second-order valence-electron chi connectivity index (χ2n) is 7.06. The van der Waals surface area contributed by atoms with Crippen molar-refractivity contribution < 1.29 is 4.79 Å². The molecule has 1 aliphatic heterocycles. The lowest BCUT2D eigenvalue weighted by Gasteiger charge is -2.17. The van der Waals surface area contributed by atoms with Gasteiger partial charge in [-0.15, -0.1) is 0 Å². The molecule has 3 heterocycles. The summed E-state index contributed by atoms with van der Waals surface area (Å²) in [4.78, 5) is 16.1. The monoisotopic (exact) mass is 372 g/mol. The van der Waals surface area contributed by atoms with Crippen molar-refractivity contribution in [2.24, 2.45) is 0 Å². The summed E-state index contributed by atoms with van der Waals surface area (Å²) >= 11 is 0. The number of nitrogens with zero attached hydrogens (tertiary/aromatic N) is 2. The van der Waals surface area contributed by atoms with Crippen molar-refractivity contribution >= 4 is 33.4 Å². The third-order valence-electron chi connectivity index (χ3n) is 5.27. The smallest absolute Gasteiger partial charge is 0.247 e. The van der Waals surface area contributed by atoms with E-state index in [0.29, 0.717) is 0 Å². The molecule has 4 N–H and O–H groups in total. The number of benzene rings is 2. The predicted octanol–water partition coefficient (Wildman–Crippen LogP) is 3.37. The first-order chi connectivity index (χ1) is 13.6. The fourth-order valence-corrected chi connectivity index (χ4v) is 3.69. The van der Waals surface area contributed by atoms with Crippen LogP contribution < -0.4 is 10.7 Å². The average Bonchev–Trinajstić information content (AvgIpc) is 3.41. The van der Waals surface area contributed by atoms with E-state index in [2.05, 4.69) is 44.1 Å². The molecule has 2 aromatic carbocycles. The Morgan fingerprint density at radius 1 is 1.18 bits per heavy atom. The van der Waals surface area contributed by atoms with Gasteiger partial charge in [-0.2, -0.15) is 5.10 Å². The number of amides is 1. The molecule has 5 rings (SSSR count). The van der Waals surface area contributed by atoms with Crippen LogP contribution in [0.1, 0.15) is 6.92 Å². The third-order valence-corrected chi connectivity index (χ3v) is 5.27. The molecule has 0 spiro atoms. The van der Waals surface area contributed by atoms with Crippen molar-refractivity contribution in [2.75, 3.05) is 12.4 Å². The summed E-state index contributed by atoms with van der Waals surface area (Å²) in [6.07, 6.45) is 5.58. The van der Waals surface area contributed by atoms with E-state index < -0.39 is 6.04 Å². The number of aromatic amines is 2. The Bertz CT molecular complexity index is 1230. The lowest BCUT2D eigenvalue weighted by molar-refractivity contribution is -0.117. The number of hydrazine groups is 1. The topological polar surface area (TPSA) is 88.8 Å². The highest BCUT2D eigenvalue weighted by Crippen LogP contribution is 2.34. The van der Waals surface area contributed by atoms with Gasteiger partial charge in [-0.05, 0) is 48.4 Å². The van der Waals surface area contributed by atoms with Gasteiger partial charge >= 0.3 is 0 Å². The minimum absolute atomic E-state index is 0.108. The quantitative estimate of drug-likeness (QED) is 0.444. The van der Waals surface area contributed by atoms with Crippen LogP contribution in [0.25, 0.3) is 32.9 Å². The second-order valence-corrected chi connectivity index (χ2v) is 7.06. The first-order valence-electron chi connectivity index (χ1n) is 9.13. The number of aromatic nitrogens is 3. The molecule has 0 saturated heterocycles. The minimum atomic E-state index is -0.399. The van der Waals surface area contributed by atoms with Gasteiger partial charge in [-0.25, -0.2) is 5.43 Å². The Hall–Kier alpha value is -3.58. The molecular weight excluding hydrogens is 352 g/mol. The van der Waals surface area contributed by atoms with E-state index >= 15 is 0 Å². The van der Waals surface area contributed by atoms with Crippen molar-refractivity contribution in [2.45, 2.75) is 13.0 Å². The van der Waals surface area contributed by atoms with Crippen molar-refractivity contribution in [3.05, 3.63) is 60.6 Å². The fraction of sp³-hybridized carbons (Fsp3) is 0.143. The number of nitrogens with one attached hydrogen (secondary N) is 4. The summed E-state index contributed by atoms with van der Waals surface area (Å²) < 4.78 is 0. The average molecular weight is 372 g/mol. The van der Waals surface area contributed by atoms with Crippen molar-refractivity contribution in [1.29, 1.82) is 0 Å². The number of hydrogen-bond acceptors (Lipinski definition) is 4. The Balaban J connectivity index is 1.57. The molecule has 140 valence electrons. The normalized spacial score (nSPS) is 16.7. The molecule has 1 aliphatic rings. The zero-order valence-electron chi connectivity index (χ0n) is 15.6. The van der Waals surface area contributed by atoms with E-state index in [-0.39, 0.29) is 5.91 Å². The first kappa shape index (κ1) is 16.6. The van der Waals surface area contributed by atoms with Gasteiger partial charge < -0.3 is 15.3 Å². The number of fused-ring (bicyclic) bond motifs is 2. The molecule has 4 aromatic rings. The molecule has 7 nitrogen and oxygen atoms in total. The maximum atomic E-state index is 12.8. The fourth-order valence-electron chi connectivity index (χ4n) is 3.69. The Morgan fingerprint density at radius 3 is 2.89 bits per heavy atom. The van der Waals surface area contributed by atoms with Crippen LogP contribution in [0.15, 0.2) is 60.6 Å². The number of allylic oxidation sites excluding steroid dienone is 1. The van der Waals surface area contributed by atoms with E-state index in [1.807, 2.05) is 49.5 Å². The highest BCUT2D eigenvalue weighted by atomic mass is 16.2. The molecule has 7 heteroatoms. The van der Waals surface area contributed by atoms with Crippen LogP contribution in [0.3, 0.4) is 0 Å². The highest BCUT2D eigenvalue weighted by molar-refractivity contribution is 6.06. The summed E-state index contributed by atoms with van der Waals surface area (Å²) in [5.41, 5.74) is 8.95. The molecule has 2 aromatic heterocycles. The van der Waals surface area contributed by atoms with E-state index in [0.717, 1.165) is 44.3 Å². The lowest BCUT2D eigenvalue weighted by atomic mass is 9.99. The molecule has 1 atom stereocenters. The largest absolute Gasteiger partial charge is 0.361 e. The zero-order chi connectivity index (χ0) is 19.3. The summed E-state index contributed by atoms with van der Waals surface area (Å²) in [6.45, 7) is 1.96. The van der Waals surface area contributed by atoms with E-state index in [1.165, 1.54) is 0 Å². The van der Waals surface area contributed by atoms with Gasteiger partial charge in [0.25, 0.3) is 0 Å². The zero-order valence-corrected chi connectivity index (χ0v) is 15.6. The molecular formula is C21H20N6O. The van der Waals surface area contributed by atoms with Crippen LogP contribution in [-0.2, 0) is 4.79 Å². The molecule has 1 amide bonds. The predicted molar refractivity (Wildman–Crippen MR) is 110 cm³/mol. The molecule has 1 unspecified atom stereocenters. The second kappa shape index (κ2) is 6.24. The van der Waals surface area contributed by atoms with Crippen LogP contribution in [-0.4, -0.2) is 39.2 Å². The molecule has 0 saturated carbocycles. The Labute approximate surface area is 161 Å². The van der Waals surface area contributed by atoms with Gasteiger partial charge in [-0.3, -0.25) is 9.89 Å². The summed E-state index contributed by atoms with van der Waals surface area (Å²) in [5, 5.41) is 14.1. The number of hydrogen-bond donors (Lipinski definition) is 4. The van der Waals surface area contributed by atoms with Gasteiger partial charge in [0.05, 0.1) is 17.4 Å². The van der Waals surface area contributed by atoms with Crippen LogP contribution in [0.2, 0.25) is 0 Å². The van der Waals surface area contributed by atoms with Gasteiger partial charge in [-0.1, -0.05) is 12.1 Å². The molecule has 0 aliphatic carbocycles. The van der Waals surface area contributed by atoms with Crippen molar-refractivity contribution in [1.82, 2.24) is 25.6 Å².